The van der Waals surface area contributed by atoms with Crippen molar-refractivity contribution in [3.8, 4) is 5.75 Å². The zero-order valence-electron chi connectivity index (χ0n) is 11.6. The molecule has 0 spiro atoms. The maximum atomic E-state index is 12.3. The van der Waals surface area contributed by atoms with Gasteiger partial charge < -0.3 is 4.74 Å². The van der Waals surface area contributed by atoms with E-state index >= 15 is 0 Å². The van der Waals surface area contributed by atoms with Crippen LogP contribution in [0.3, 0.4) is 0 Å². The number of alkyl halides is 2. The highest BCUT2D eigenvalue weighted by Gasteiger charge is 2.14. The quantitative estimate of drug-likeness (QED) is 0.851. The molecule has 0 aliphatic rings. The van der Waals surface area contributed by atoms with Crippen molar-refractivity contribution in [2.75, 3.05) is 0 Å². The van der Waals surface area contributed by atoms with Crippen LogP contribution in [-0.2, 0) is 22.3 Å². The number of ether oxygens (including phenoxy) is 1. The third-order valence-corrected chi connectivity index (χ3v) is 4.17. The lowest BCUT2D eigenvalue weighted by atomic mass is 10.2. The van der Waals surface area contributed by atoms with Crippen LogP contribution in [0.15, 0.2) is 54.6 Å². The Kier molecular flexibility index (Phi) is 5.46. The van der Waals surface area contributed by atoms with E-state index in [9.17, 15) is 17.2 Å². The fraction of sp³-hybridized carbons (Fsp3) is 0.200. The van der Waals surface area contributed by atoms with Crippen molar-refractivity contribution in [3.05, 3.63) is 65.7 Å². The molecule has 0 saturated heterocycles. The Hall–Kier alpha value is -1.99. The Balaban J connectivity index is 2.03. The summed E-state index contributed by atoms with van der Waals surface area (Å²) in [5.41, 5.74) is 0.992. The van der Waals surface area contributed by atoms with Gasteiger partial charge in [0.1, 0.15) is 5.75 Å². The third kappa shape index (κ3) is 5.09. The van der Waals surface area contributed by atoms with E-state index in [0.29, 0.717) is 11.1 Å². The van der Waals surface area contributed by atoms with E-state index in [0.717, 1.165) is 0 Å². The Morgan fingerprint density at radius 1 is 1.00 bits per heavy atom. The summed E-state index contributed by atoms with van der Waals surface area (Å²) in [6.45, 7) is -3.07. The monoisotopic (exact) mass is 327 g/mol. The smallest absolute Gasteiger partial charge is 0.387 e. The minimum Gasteiger partial charge on any atom is -0.434 e. The molecule has 22 heavy (non-hydrogen) atoms. The number of nitrogens with one attached hydrogen (secondary N) is 1. The second kappa shape index (κ2) is 7.33. The van der Waals surface area contributed by atoms with Crippen molar-refractivity contribution >= 4 is 10.0 Å². The van der Waals surface area contributed by atoms with E-state index in [1.165, 1.54) is 12.1 Å². The second-order valence-electron chi connectivity index (χ2n) is 4.55. The molecule has 0 saturated carbocycles. The third-order valence-electron chi connectivity index (χ3n) is 2.87. The van der Waals surface area contributed by atoms with Crippen LogP contribution in [0.4, 0.5) is 8.78 Å². The molecule has 118 valence electrons. The molecule has 4 nitrogen and oxygen atoms in total. The second-order valence-corrected chi connectivity index (χ2v) is 6.36. The van der Waals surface area contributed by atoms with Gasteiger partial charge >= 0.3 is 6.61 Å². The normalized spacial score (nSPS) is 11.6. The molecule has 0 bridgehead atoms. The van der Waals surface area contributed by atoms with Gasteiger partial charge in [0, 0.05) is 12.1 Å². The van der Waals surface area contributed by atoms with Gasteiger partial charge in [-0.1, -0.05) is 48.5 Å². The van der Waals surface area contributed by atoms with Gasteiger partial charge in [0.15, 0.2) is 0 Å². The first kappa shape index (κ1) is 16.4. The zero-order chi connectivity index (χ0) is 16.0. The van der Waals surface area contributed by atoms with Gasteiger partial charge in [-0.3, -0.25) is 0 Å². The first-order valence-electron chi connectivity index (χ1n) is 6.50. The van der Waals surface area contributed by atoms with E-state index in [-0.39, 0.29) is 18.0 Å². The molecule has 0 aliphatic carbocycles. The molecule has 0 fully saturated rings. The molecule has 2 rings (SSSR count). The minimum atomic E-state index is -3.57. The van der Waals surface area contributed by atoms with E-state index < -0.39 is 16.6 Å². The largest absolute Gasteiger partial charge is 0.434 e. The lowest BCUT2D eigenvalue weighted by Crippen LogP contribution is -2.25. The number of sulfonamides is 1. The molecule has 0 aromatic heterocycles. The highest BCUT2D eigenvalue weighted by atomic mass is 32.2. The molecule has 1 N–H and O–H groups in total. The Labute approximate surface area is 127 Å². The number of benzene rings is 2. The van der Waals surface area contributed by atoms with Crippen LogP contribution in [0, 0.1) is 0 Å². The summed E-state index contributed by atoms with van der Waals surface area (Å²) in [7, 11) is -3.57. The van der Waals surface area contributed by atoms with Crippen LogP contribution in [0.5, 0.6) is 5.75 Å². The average molecular weight is 327 g/mol. The maximum absolute atomic E-state index is 12.3. The molecular weight excluding hydrogens is 312 g/mol. The van der Waals surface area contributed by atoms with Crippen LogP contribution in [0.1, 0.15) is 11.1 Å². The maximum Gasteiger partial charge on any atom is 0.387 e. The number of halogens is 2. The summed E-state index contributed by atoms with van der Waals surface area (Å²) < 4.78 is 55.4. The van der Waals surface area contributed by atoms with E-state index in [4.69, 9.17) is 0 Å². The van der Waals surface area contributed by atoms with Gasteiger partial charge in [0.05, 0.1) is 5.75 Å². The van der Waals surface area contributed by atoms with Gasteiger partial charge in [-0.15, -0.1) is 0 Å². The molecule has 2 aromatic carbocycles. The summed E-state index contributed by atoms with van der Waals surface area (Å²) in [6.07, 6.45) is 0. The predicted molar refractivity (Wildman–Crippen MR) is 79.0 cm³/mol. The zero-order valence-corrected chi connectivity index (χ0v) is 12.4. The summed E-state index contributed by atoms with van der Waals surface area (Å²) in [5, 5.41) is 0. The standard InChI is InChI=1S/C15H15F2NO3S/c16-15(17)21-14-9-5-4-8-13(14)10-18-22(19,20)11-12-6-2-1-3-7-12/h1-9,15,18H,10-11H2. The molecular formula is C15H15F2NO3S. The van der Waals surface area contributed by atoms with Crippen molar-refractivity contribution < 1.29 is 21.9 Å². The Bertz CT molecular complexity index is 706. The van der Waals surface area contributed by atoms with Gasteiger partial charge in [-0.2, -0.15) is 8.78 Å². The molecule has 2 aromatic rings. The van der Waals surface area contributed by atoms with Gasteiger partial charge in [0.25, 0.3) is 0 Å². The summed E-state index contributed by atoms with van der Waals surface area (Å²) in [5.74, 6) is -0.217. The molecule has 0 heterocycles. The number of hydrogen-bond acceptors (Lipinski definition) is 3. The van der Waals surface area contributed by atoms with E-state index in [2.05, 4.69) is 9.46 Å². The molecule has 0 amide bonds. The summed E-state index contributed by atoms with van der Waals surface area (Å²) in [4.78, 5) is 0. The molecule has 0 radical (unpaired) electrons. The highest BCUT2D eigenvalue weighted by Crippen LogP contribution is 2.20. The lowest BCUT2D eigenvalue weighted by molar-refractivity contribution is -0.0504. The van der Waals surface area contributed by atoms with Crippen LogP contribution < -0.4 is 9.46 Å². The van der Waals surface area contributed by atoms with E-state index in [1.807, 2.05) is 0 Å². The van der Waals surface area contributed by atoms with Crippen LogP contribution in [0.2, 0.25) is 0 Å². The molecule has 0 unspecified atom stereocenters. The minimum absolute atomic E-state index is 0.0417. The van der Waals surface area contributed by atoms with Crippen LogP contribution in [0.25, 0.3) is 0 Å². The Morgan fingerprint density at radius 3 is 2.32 bits per heavy atom. The summed E-state index contributed by atoms with van der Waals surface area (Å²) >= 11 is 0. The topological polar surface area (TPSA) is 55.4 Å². The summed E-state index contributed by atoms with van der Waals surface area (Å²) in [6, 6.07) is 14.8. The van der Waals surface area contributed by atoms with Gasteiger partial charge in [-0.05, 0) is 11.6 Å². The Morgan fingerprint density at radius 2 is 1.64 bits per heavy atom. The predicted octanol–water partition coefficient (Wildman–Crippen LogP) is 2.91. The first-order chi connectivity index (χ1) is 10.5. The van der Waals surface area contributed by atoms with Crippen LogP contribution >= 0.6 is 0 Å². The van der Waals surface area contributed by atoms with Crippen molar-refractivity contribution in [2.45, 2.75) is 18.9 Å². The number of hydrogen-bond donors (Lipinski definition) is 1. The van der Waals surface area contributed by atoms with Crippen molar-refractivity contribution in [1.29, 1.82) is 0 Å². The molecule has 0 aliphatic heterocycles. The first-order valence-corrected chi connectivity index (χ1v) is 8.15. The van der Waals surface area contributed by atoms with Crippen molar-refractivity contribution in [2.24, 2.45) is 0 Å². The van der Waals surface area contributed by atoms with Crippen molar-refractivity contribution in [3.63, 3.8) is 0 Å². The lowest BCUT2D eigenvalue weighted by Gasteiger charge is -2.11. The van der Waals surface area contributed by atoms with Crippen LogP contribution in [-0.4, -0.2) is 15.0 Å². The fourth-order valence-corrected chi connectivity index (χ4v) is 3.00. The fourth-order valence-electron chi connectivity index (χ4n) is 1.89. The number of rotatable bonds is 7. The highest BCUT2D eigenvalue weighted by molar-refractivity contribution is 7.88. The van der Waals surface area contributed by atoms with Gasteiger partial charge in [0.2, 0.25) is 10.0 Å². The van der Waals surface area contributed by atoms with E-state index in [1.54, 1.807) is 42.5 Å². The number of para-hydroxylation sites is 1. The average Bonchev–Trinajstić information content (AvgIpc) is 2.46. The SMILES string of the molecule is O=S(=O)(Cc1ccccc1)NCc1ccccc1OC(F)F. The molecule has 0 atom stereocenters. The molecule has 7 heteroatoms. The van der Waals surface area contributed by atoms with Gasteiger partial charge in [-0.25, -0.2) is 13.1 Å². The van der Waals surface area contributed by atoms with Crippen molar-refractivity contribution in [1.82, 2.24) is 4.72 Å².